The third-order valence-corrected chi connectivity index (χ3v) is 5.66. The lowest BCUT2D eigenvalue weighted by atomic mass is 10.4. The van der Waals surface area contributed by atoms with Gasteiger partial charge in [-0.15, -0.1) is 0 Å². The summed E-state index contributed by atoms with van der Waals surface area (Å²) in [7, 11) is -2.58. The average molecular weight is 337 g/mol. The molecule has 0 spiro atoms. The summed E-state index contributed by atoms with van der Waals surface area (Å²) in [5.74, 6) is -0.332. The van der Waals surface area contributed by atoms with E-state index >= 15 is 0 Å². The molecular weight excluding hydrogens is 323 g/mol. The molecular formula is C12H14Cl2N2O3S. The number of benzene rings is 1. The number of halogens is 2. The highest BCUT2D eigenvalue weighted by Crippen LogP contribution is 2.30. The Balaban J connectivity index is 2.18. The zero-order valence-electron chi connectivity index (χ0n) is 10.8. The van der Waals surface area contributed by atoms with Crippen LogP contribution in [0.5, 0.6) is 0 Å². The first-order valence-electron chi connectivity index (χ1n) is 6.02. The van der Waals surface area contributed by atoms with Crippen molar-refractivity contribution < 1.29 is 13.2 Å². The predicted molar refractivity (Wildman–Crippen MR) is 77.4 cm³/mol. The number of nitrogens with zero attached hydrogens (tertiary/aromatic N) is 1. The molecule has 0 aromatic heterocycles. The molecule has 110 valence electrons. The van der Waals surface area contributed by atoms with E-state index in [1.165, 1.54) is 19.2 Å². The van der Waals surface area contributed by atoms with Gasteiger partial charge >= 0.3 is 0 Å². The third-order valence-electron chi connectivity index (χ3n) is 2.90. The fraction of sp³-hybridized carbons (Fsp3) is 0.417. The minimum atomic E-state index is -3.90. The number of hydrogen-bond acceptors (Lipinski definition) is 3. The van der Waals surface area contributed by atoms with Gasteiger partial charge in [-0.1, -0.05) is 29.3 Å². The zero-order valence-corrected chi connectivity index (χ0v) is 13.1. The number of sulfonamides is 1. The fourth-order valence-corrected chi connectivity index (χ4v) is 3.88. The Bertz CT molecular complexity index is 609. The number of carbonyl (C=O) groups excluding carboxylic acids is 1. The van der Waals surface area contributed by atoms with Crippen LogP contribution in [0, 0.1) is 0 Å². The first-order chi connectivity index (χ1) is 9.32. The molecule has 1 aliphatic rings. The van der Waals surface area contributed by atoms with E-state index in [1.54, 1.807) is 6.07 Å². The van der Waals surface area contributed by atoms with Crippen LogP contribution in [0.25, 0.3) is 0 Å². The summed E-state index contributed by atoms with van der Waals surface area (Å²) >= 11 is 11.8. The van der Waals surface area contributed by atoms with Crippen molar-refractivity contribution in [2.45, 2.75) is 23.8 Å². The van der Waals surface area contributed by atoms with E-state index in [4.69, 9.17) is 23.2 Å². The maximum absolute atomic E-state index is 12.4. The molecule has 1 amide bonds. The molecule has 1 saturated carbocycles. The van der Waals surface area contributed by atoms with Crippen LogP contribution >= 0.6 is 23.2 Å². The van der Waals surface area contributed by atoms with Crippen molar-refractivity contribution in [3.05, 3.63) is 28.2 Å². The highest BCUT2D eigenvalue weighted by Gasteiger charge is 2.29. The number of carbonyl (C=O) groups is 1. The number of rotatable bonds is 5. The van der Waals surface area contributed by atoms with Gasteiger partial charge in [-0.3, -0.25) is 4.79 Å². The maximum atomic E-state index is 12.4. The lowest BCUT2D eigenvalue weighted by Gasteiger charge is -2.18. The second kappa shape index (κ2) is 5.89. The molecule has 8 heteroatoms. The van der Waals surface area contributed by atoms with E-state index in [1.807, 2.05) is 0 Å². The molecule has 20 heavy (non-hydrogen) atoms. The Morgan fingerprint density at radius 2 is 1.90 bits per heavy atom. The van der Waals surface area contributed by atoms with Gasteiger partial charge in [0.2, 0.25) is 15.9 Å². The smallest absolute Gasteiger partial charge is 0.246 e. The number of amides is 1. The average Bonchev–Trinajstić information content (AvgIpc) is 3.11. The van der Waals surface area contributed by atoms with Crippen LogP contribution < -0.4 is 5.32 Å². The van der Waals surface area contributed by atoms with E-state index < -0.39 is 10.0 Å². The van der Waals surface area contributed by atoms with Crippen molar-refractivity contribution in [1.82, 2.24) is 9.62 Å². The standard InChI is InChI=1S/C12H14Cl2N2O3S/c1-16(7-11(17)15-8-5-6-8)20(18,19)12-9(13)3-2-4-10(12)14/h2-4,8H,5-7H2,1H3,(H,15,17). The predicted octanol–water partition coefficient (Wildman–Crippen LogP) is 1.89. The SMILES string of the molecule is CN(CC(=O)NC1CC1)S(=O)(=O)c1c(Cl)cccc1Cl. The largest absolute Gasteiger partial charge is 0.352 e. The number of likely N-dealkylation sites (N-methyl/N-ethyl adjacent to an activating group) is 1. The molecule has 1 fully saturated rings. The highest BCUT2D eigenvalue weighted by atomic mass is 35.5. The summed E-state index contributed by atoms with van der Waals surface area (Å²) in [6.07, 6.45) is 1.89. The lowest BCUT2D eigenvalue weighted by Crippen LogP contribution is -2.39. The van der Waals surface area contributed by atoms with Gasteiger partial charge in [0, 0.05) is 13.1 Å². The highest BCUT2D eigenvalue weighted by molar-refractivity contribution is 7.89. The number of hydrogen-bond donors (Lipinski definition) is 1. The van der Waals surface area contributed by atoms with Crippen LogP contribution in [0.15, 0.2) is 23.1 Å². The summed E-state index contributed by atoms with van der Waals surface area (Å²) in [5, 5.41) is 2.79. The minimum Gasteiger partial charge on any atom is -0.352 e. The Labute approximate surface area is 127 Å². The molecule has 5 nitrogen and oxygen atoms in total. The van der Waals surface area contributed by atoms with Gasteiger partial charge in [-0.05, 0) is 25.0 Å². The van der Waals surface area contributed by atoms with Gasteiger partial charge < -0.3 is 5.32 Å². The molecule has 0 atom stereocenters. The van der Waals surface area contributed by atoms with Crippen LogP contribution in [0.1, 0.15) is 12.8 Å². The van der Waals surface area contributed by atoms with Crippen molar-refractivity contribution in [3.63, 3.8) is 0 Å². The fourth-order valence-electron chi connectivity index (χ4n) is 1.67. The zero-order chi connectivity index (χ0) is 14.9. The first-order valence-corrected chi connectivity index (χ1v) is 8.21. The van der Waals surface area contributed by atoms with E-state index in [9.17, 15) is 13.2 Å². The lowest BCUT2D eigenvalue weighted by molar-refractivity contribution is -0.121. The Morgan fingerprint density at radius 1 is 1.35 bits per heavy atom. The molecule has 0 unspecified atom stereocenters. The van der Waals surface area contributed by atoms with Crippen molar-refractivity contribution in [2.75, 3.05) is 13.6 Å². The van der Waals surface area contributed by atoms with Gasteiger partial charge in [-0.25, -0.2) is 8.42 Å². The van der Waals surface area contributed by atoms with Crippen LogP contribution in [-0.4, -0.2) is 38.3 Å². The summed E-state index contributed by atoms with van der Waals surface area (Å²) < 4.78 is 25.7. The van der Waals surface area contributed by atoms with E-state index in [0.717, 1.165) is 17.1 Å². The molecule has 0 heterocycles. The second-order valence-electron chi connectivity index (χ2n) is 4.65. The molecule has 0 radical (unpaired) electrons. The Morgan fingerprint density at radius 3 is 2.40 bits per heavy atom. The molecule has 0 bridgehead atoms. The van der Waals surface area contributed by atoms with E-state index in [2.05, 4.69) is 5.32 Å². The van der Waals surface area contributed by atoms with Crippen LogP contribution in [0.4, 0.5) is 0 Å². The normalized spacial score (nSPS) is 15.4. The van der Waals surface area contributed by atoms with Gasteiger partial charge in [0.15, 0.2) is 0 Å². The maximum Gasteiger partial charge on any atom is 0.246 e. The van der Waals surface area contributed by atoms with Crippen LogP contribution in [0.3, 0.4) is 0 Å². The second-order valence-corrected chi connectivity index (χ2v) is 7.45. The summed E-state index contributed by atoms with van der Waals surface area (Å²) in [6, 6.07) is 4.63. The summed E-state index contributed by atoms with van der Waals surface area (Å²) in [6.45, 7) is -0.264. The molecule has 1 aliphatic carbocycles. The molecule has 0 aliphatic heterocycles. The minimum absolute atomic E-state index is 0.0342. The Kier molecular flexibility index (Phi) is 4.59. The van der Waals surface area contributed by atoms with Gasteiger partial charge in [0.05, 0.1) is 16.6 Å². The topological polar surface area (TPSA) is 66.5 Å². The number of nitrogens with one attached hydrogen (secondary N) is 1. The van der Waals surface area contributed by atoms with Gasteiger partial charge in [0.1, 0.15) is 4.90 Å². The Hall–Kier alpha value is -0.820. The van der Waals surface area contributed by atoms with Gasteiger partial charge in [-0.2, -0.15) is 4.31 Å². The third kappa shape index (κ3) is 3.44. The monoisotopic (exact) mass is 336 g/mol. The van der Waals surface area contributed by atoms with Crippen molar-refractivity contribution in [2.24, 2.45) is 0 Å². The van der Waals surface area contributed by atoms with E-state index in [0.29, 0.717) is 0 Å². The molecule has 2 rings (SSSR count). The van der Waals surface area contributed by atoms with E-state index in [-0.39, 0.29) is 33.4 Å². The van der Waals surface area contributed by atoms with Crippen molar-refractivity contribution >= 4 is 39.1 Å². The molecule has 1 N–H and O–H groups in total. The molecule has 1 aromatic rings. The van der Waals surface area contributed by atoms with Crippen LogP contribution in [-0.2, 0) is 14.8 Å². The molecule has 0 saturated heterocycles. The van der Waals surface area contributed by atoms with Crippen LogP contribution in [0.2, 0.25) is 10.0 Å². The summed E-state index contributed by atoms with van der Waals surface area (Å²) in [4.78, 5) is 11.5. The first kappa shape index (κ1) is 15.6. The summed E-state index contributed by atoms with van der Waals surface area (Å²) in [5.41, 5.74) is 0. The molecule has 1 aromatic carbocycles. The van der Waals surface area contributed by atoms with Crippen molar-refractivity contribution in [3.8, 4) is 0 Å². The quantitative estimate of drug-likeness (QED) is 0.892. The van der Waals surface area contributed by atoms with Gasteiger partial charge in [0.25, 0.3) is 0 Å². The van der Waals surface area contributed by atoms with Crippen molar-refractivity contribution in [1.29, 1.82) is 0 Å².